The van der Waals surface area contributed by atoms with Gasteiger partial charge in [-0.1, -0.05) is 48.5 Å². The molecule has 208 valence electrons. The number of hydrogen-bond donors (Lipinski definition) is 3. The highest BCUT2D eigenvalue weighted by molar-refractivity contribution is 7.92. The summed E-state index contributed by atoms with van der Waals surface area (Å²) < 4.78 is 35.3. The highest BCUT2D eigenvalue weighted by Gasteiger charge is 2.23. The highest BCUT2D eigenvalue weighted by Crippen LogP contribution is 2.33. The summed E-state index contributed by atoms with van der Waals surface area (Å²) in [4.78, 5) is 20.1. The van der Waals surface area contributed by atoms with Crippen LogP contribution < -0.4 is 14.8 Å². The van der Waals surface area contributed by atoms with Crippen LogP contribution in [-0.4, -0.2) is 36.0 Å². The fraction of sp³-hybridized carbons (Fsp3) is 0.207. The molecule has 0 bridgehead atoms. The maximum absolute atomic E-state index is 13.2. The molecule has 0 radical (unpaired) electrons. The summed E-state index contributed by atoms with van der Waals surface area (Å²) in [6, 6.07) is 20.7. The summed E-state index contributed by atoms with van der Waals surface area (Å²) in [6.07, 6.45) is 0.400. The van der Waals surface area contributed by atoms with Gasteiger partial charge in [0.1, 0.15) is 6.10 Å². The minimum Gasteiger partial charge on any atom is -0.478 e. The number of carboxylic acids is 1. The molecule has 9 nitrogen and oxygen atoms in total. The Bertz CT molecular complexity index is 1640. The number of hydrogen-bond acceptors (Lipinski definition) is 7. The van der Waals surface area contributed by atoms with Crippen molar-refractivity contribution in [1.82, 2.24) is 15.3 Å². The summed E-state index contributed by atoms with van der Waals surface area (Å²) >= 11 is 0. The molecule has 4 aromatic rings. The van der Waals surface area contributed by atoms with Gasteiger partial charge in [-0.3, -0.25) is 0 Å². The number of ether oxygens (including phenoxy) is 1. The van der Waals surface area contributed by atoms with E-state index in [4.69, 9.17) is 4.74 Å². The van der Waals surface area contributed by atoms with E-state index in [-0.39, 0.29) is 40.8 Å². The van der Waals surface area contributed by atoms with Gasteiger partial charge < -0.3 is 15.2 Å². The Kier molecular flexibility index (Phi) is 8.73. The largest absolute Gasteiger partial charge is 0.478 e. The fourth-order valence-corrected chi connectivity index (χ4v) is 5.73. The van der Waals surface area contributed by atoms with E-state index in [1.54, 1.807) is 6.07 Å². The molecule has 3 aromatic carbocycles. The summed E-state index contributed by atoms with van der Waals surface area (Å²) in [5.41, 5.74) is 5.31. The van der Waals surface area contributed by atoms with E-state index < -0.39 is 16.0 Å². The Balaban J connectivity index is 0.00000370. The molecule has 1 aliphatic rings. The first kappa shape index (κ1) is 29.0. The molecule has 0 spiro atoms. The lowest BCUT2D eigenvalue weighted by atomic mass is 10.00. The lowest BCUT2D eigenvalue weighted by molar-refractivity contribution is 0.0696. The molecular weight excluding hydrogens is 552 g/mol. The van der Waals surface area contributed by atoms with E-state index in [1.807, 2.05) is 50.2 Å². The minimum absolute atomic E-state index is 0. The van der Waals surface area contributed by atoms with Crippen molar-refractivity contribution in [2.24, 2.45) is 0 Å². The van der Waals surface area contributed by atoms with Crippen molar-refractivity contribution in [2.45, 2.75) is 37.8 Å². The van der Waals surface area contributed by atoms with E-state index in [0.29, 0.717) is 12.1 Å². The molecule has 5 rings (SSSR count). The van der Waals surface area contributed by atoms with Crippen molar-refractivity contribution in [3.8, 4) is 17.1 Å². The quantitative estimate of drug-likeness (QED) is 0.269. The van der Waals surface area contributed by atoms with Gasteiger partial charge >= 0.3 is 5.97 Å². The number of rotatable bonds is 7. The summed E-state index contributed by atoms with van der Waals surface area (Å²) in [7, 11) is -4.20. The Morgan fingerprint density at radius 2 is 1.73 bits per heavy atom. The van der Waals surface area contributed by atoms with Crippen LogP contribution in [0, 0.1) is 13.8 Å². The van der Waals surface area contributed by atoms with Crippen molar-refractivity contribution in [1.29, 1.82) is 0 Å². The van der Waals surface area contributed by atoms with E-state index in [9.17, 15) is 18.3 Å². The third kappa shape index (κ3) is 6.25. The first-order valence-corrected chi connectivity index (χ1v) is 14.0. The van der Waals surface area contributed by atoms with E-state index in [0.717, 1.165) is 47.0 Å². The predicted octanol–water partition coefficient (Wildman–Crippen LogP) is 5.29. The number of carboxylic acid groups (broad SMARTS) is 1. The number of anilines is 1. The molecule has 0 amide bonds. The molecule has 40 heavy (non-hydrogen) atoms. The number of aromatic nitrogens is 2. The second kappa shape index (κ2) is 12.0. The number of nitrogens with zero attached hydrogens (tertiary/aromatic N) is 2. The molecule has 11 heteroatoms. The molecule has 0 fully saturated rings. The first-order valence-electron chi connectivity index (χ1n) is 12.5. The van der Waals surface area contributed by atoms with Gasteiger partial charge in [0, 0.05) is 24.6 Å². The maximum atomic E-state index is 13.2. The molecule has 1 atom stereocenters. The van der Waals surface area contributed by atoms with Crippen molar-refractivity contribution < 1.29 is 23.1 Å². The van der Waals surface area contributed by atoms with Crippen molar-refractivity contribution in [3.05, 3.63) is 101 Å². The Morgan fingerprint density at radius 1 is 1.00 bits per heavy atom. The Morgan fingerprint density at radius 3 is 2.48 bits per heavy atom. The van der Waals surface area contributed by atoms with Crippen LogP contribution in [0.2, 0.25) is 0 Å². The SMILES string of the molecule is Cc1cccc(C)c1-c1cc(OC2CCNCc3ccccc32)nc(NS(=O)(=O)c2cccc(C(=O)O)c2)n1.Cl. The number of carbonyl (C=O) groups is 1. The van der Waals surface area contributed by atoms with Crippen molar-refractivity contribution >= 4 is 34.3 Å². The molecule has 0 saturated carbocycles. The molecule has 1 unspecified atom stereocenters. The predicted molar refractivity (Wildman–Crippen MR) is 155 cm³/mol. The van der Waals surface area contributed by atoms with Gasteiger partial charge in [0.15, 0.2) is 0 Å². The number of sulfonamides is 1. The third-order valence-electron chi connectivity index (χ3n) is 6.62. The number of nitrogens with one attached hydrogen (secondary N) is 2. The maximum Gasteiger partial charge on any atom is 0.335 e. The lowest BCUT2D eigenvalue weighted by Gasteiger charge is -2.20. The molecule has 0 aliphatic carbocycles. The van der Waals surface area contributed by atoms with E-state index in [1.165, 1.54) is 18.2 Å². The van der Waals surface area contributed by atoms with Gasteiger partial charge in [-0.25, -0.2) is 22.9 Å². The molecule has 0 saturated heterocycles. The van der Waals surface area contributed by atoms with Gasteiger partial charge in [0.2, 0.25) is 11.8 Å². The normalized spacial score (nSPS) is 14.8. The van der Waals surface area contributed by atoms with Crippen molar-refractivity contribution in [3.63, 3.8) is 0 Å². The average molecular weight is 581 g/mol. The Hall–Kier alpha value is -3.99. The summed E-state index contributed by atoms with van der Waals surface area (Å²) in [5.74, 6) is -1.18. The standard InChI is InChI=1S/C29H28N4O5S.ClH/c1-18-7-5-8-19(2)27(18)24-16-26(38-25-13-14-30-17-21-9-3-4-12-23(21)25)32-29(31-24)33-39(36,37)22-11-6-10-20(15-22)28(34)35;/h3-12,15-16,25,30H,13-14,17H2,1-2H3,(H,34,35)(H,31,32,33);1H. The van der Waals surface area contributed by atoms with Crippen molar-refractivity contribution in [2.75, 3.05) is 11.3 Å². The van der Waals surface area contributed by atoms with Crippen LogP contribution in [0.5, 0.6) is 5.88 Å². The van der Waals surface area contributed by atoms with Crippen LogP contribution in [0.3, 0.4) is 0 Å². The highest BCUT2D eigenvalue weighted by atomic mass is 35.5. The van der Waals surface area contributed by atoms with Gasteiger partial charge in [0.05, 0.1) is 16.2 Å². The third-order valence-corrected chi connectivity index (χ3v) is 7.95. The first-order chi connectivity index (χ1) is 18.7. The lowest BCUT2D eigenvalue weighted by Crippen LogP contribution is -2.17. The minimum atomic E-state index is -4.20. The van der Waals surface area contributed by atoms with Gasteiger partial charge in [0.25, 0.3) is 10.0 Å². The number of halogens is 1. The van der Waals surface area contributed by atoms with Crippen LogP contribution in [0.15, 0.2) is 77.7 Å². The number of aromatic carboxylic acids is 1. The van der Waals surface area contributed by atoms with Crippen LogP contribution in [-0.2, 0) is 16.6 Å². The average Bonchev–Trinajstić information content (AvgIpc) is 3.10. The second-order valence-electron chi connectivity index (χ2n) is 9.39. The van der Waals surface area contributed by atoms with E-state index in [2.05, 4.69) is 26.1 Å². The molecule has 1 aromatic heterocycles. The molecule has 1 aliphatic heterocycles. The van der Waals surface area contributed by atoms with Crippen LogP contribution in [0.1, 0.15) is 45.1 Å². The number of aryl methyl sites for hydroxylation is 2. The Labute approximate surface area is 239 Å². The molecule has 2 heterocycles. The zero-order chi connectivity index (χ0) is 27.6. The van der Waals surface area contributed by atoms with Crippen LogP contribution >= 0.6 is 12.4 Å². The molecule has 3 N–H and O–H groups in total. The van der Waals surface area contributed by atoms with Crippen LogP contribution in [0.4, 0.5) is 5.95 Å². The molecular formula is C29H29ClN4O5S. The summed E-state index contributed by atoms with van der Waals surface area (Å²) in [6.45, 7) is 5.39. The second-order valence-corrected chi connectivity index (χ2v) is 11.1. The number of benzene rings is 3. The van der Waals surface area contributed by atoms with Gasteiger partial charge in [-0.15, -0.1) is 12.4 Å². The van der Waals surface area contributed by atoms with Crippen LogP contribution in [0.25, 0.3) is 11.3 Å². The fourth-order valence-electron chi connectivity index (χ4n) is 4.74. The number of fused-ring (bicyclic) bond motifs is 1. The van der Waals surface area contributed by atoms with Gasteiger partial charge in [-0.05, 0) is 60.8 Å². The van der Waals surface area contributed by atoms with E-state index >= 15 is 0 Å². The topological polar surface area (TPSA) is 131 Å². The smallest absolute Gasteiger partial charge is 0.335 e. The zero-order valence-electron chi connectivity index (χ0n) is 21.9. The zero-order valence-corrected chi connectivity index (χ0v) is 23.6. The monoisotopic (exact) mass is 580 g/mol. The van der Waals surface area contributed by atoms with Gasteiger partial charge in [-0.2, -0.15) is 4.98 Å². The summed E-state index contributed by atoms with van der Waals surface area (Å²) in [5, 5.41) is 12.7.